The summed E-state index contributed by atoms with van der Waals surface area (Å²) in [4.78, 5) is 13.0. The summed E-state index contributed by atoms with van der Waals surface area (Å²) in [7, 11) is -3.76. The lowest BCUT2D eigenvalue weighted by Gasteiger charge is -2.18. The zero-order valence-electron chi connectivity index (χ0n) is 21.1. The van der Waals surface area contributed by atoms with Crippen LogP contribution in [-0.4, -0.2) is 20.4 Å². The number of anilines is 2. The molecule has 0 saturated carbocycles. The summed E-state index contributed by atoms with van der Waals surface area (Å²) >= 11 is 0. The van der Waals surface area contributed by atoms with Crippen molar-refractivity contribution in [1.29, 1.82) is 0 Å². The minimum Gasteiger partial charge on any atom is -0.481 e. The van der Waals surface area contributed by atoms with Crippen molar-refractivity contribution < 1.29 is 17.9 Å². The Balaban J connectivity index is 1.39. The molecule has 7 heteroatoms. The van der Waals surface area contributed by atoms with Crippen molar-refractivity contribution in [3.05, 3.63) is 108 Å². The number of carbonyl (C=O) groups is 1. The fraction of sp³-hybridized carbons (Fsp3) is 0.167. The molecule has 0 fully saturated rings. The molecule has 2 N–H and O–H groups in total. The van der Waals surface area contributed by atoms with Gasteiger partial charge in [0.15, 0.2) is 6.10 Å². The first-order valence-electron chi connectivity index (χ1n) is 12.1. The SMILES string of the molecule is CCC(Oc1ccc(-c2ccccc2)cc1)C(=O)Nc1ccc(S(=O)(=O)Nc2cc(C)cc(C)c2)cc1. The number of benzene rings is 4. The fourth-order valence-electron chi connectivity index (χ4n) is 4.03. The van der Waals surface area contributed by atoms with Gasteiger partial charge in [-0.25, -0.2) is 8.42 Å². The van der Waals surface area contributed by atoms with Crippen molar-refractivity contribution in [2.24, 2.45) is 0 Å². The Morgan fingerprint density at radius 1 is 0.784 bits per heavy atom. The molecule has 4 rings (SSSR count). The van der Waals surface area contributed by atoms with Gasteiger partial charge in [-0.1, -0.05) is 55.5 Å². The van der Waals surface area contributed by atoms with Gasteiger partial charge in [0.2, 0.25) is 0 Å². The highest BCUT2D eigenvalue weighted by Crippen LogP contribution is 2.24. The number of sulfonamides is 1. The third-order valence-corrected chi connectivity index (χ3v) is 7.21. The highest BCUT2D eigenvalue weighted by Gasteiger charge is 2.20. The Labute approximate surface area is 218 Å². The fourth-order valence-corrected chi connectivity index (χ4v) is 5.07. The molecule has 37 heavy (non-hydrogen) atoms. The van der Waals surface area contributed by atoms with Gasteiger partial charge in [-0.15, -0.1) is 0 Å². The number of hydrogen-bond acceptors (Lipinski definition) is 4. The van der Waals surface area contributed by atoms with Gasteiger partial charge in [-0.2, -0.15) is 0 Å². The maximum absolute atomic E-state index is 12.9. The second-order valence-electron chi connectivity index (χ2n) is 8.90. The first-order valence-corrected chi connectivity index (χ1v) is 13.6. The number of rotatable bonds is 9. The molecule has 4 aromatic carbocycles. The van der Waals surface area contributed by atoms with Crippen LogP contribution in [0.25, 0.3) is 11.1 Å². The Hall–Kier alpha value is -4.10. The molecule has 0 aliphatic carbocycles. The monoisotopic (exact) mass is 514 g/mol. The summed E-state index contributed by atoms with van der Waals surface area (Å²) < 4.78 is 34.2. The smallest absolute Gasteiger partial charge is 0.265 e. The number of nitrogens with one attached hydrogen (secondary N) is 2. The number of hydrogen-bond donors (Lipinski definition) is 2. The van der Waals surface area contributed by atoms with Gasteiger partial charge >= 0.3 is 0 Å². The summed E-state index contributed by atoms with van der Waals surface area (Å²) in [5, 5.41) is 2.81. The van der Waals surface area contributed by atoms with Crippen molar-refractivity contribution >= 4 is 27.3 Å². The van der Waals surface area contributed by atoms with Crippen LogP contribution in [0.4, 0.5) is 11.4 Å². The molecule has 190 valence electrons. The molecular formula is C30H30N2O4S. The van der Waals surface area contributed by atoms with E-state index < -0.39 is 16.1 Å². The van der Waals surface area contributed by atoms with E-state index in [1.807, 2.05) is 81.4 Å². The normalized spacial score (nSPS) is 12.0. The topological polar surface area (TPSA) is 84.5 Å². The Kier molecular flexibility index (Phi) is 7.94. The average Bonchev–Trinajstić information content (AvgIpc) is 2.87. The van der Waals surface area contributed by atoms with Gasteiger partial charge in [0, 0.05) is 11.4 Å². The molecule has 0 aromatic heterocycles. The number of carbonyl (C=O) groups excluding carboxylic acids is 1. The lowest BCUT2D eigenvalue weighted by Crippen LogP contribution is -2.32. The van der Waals surface area contributed by atoms with Crippen LogP contribution >= 0.6 is 0 Å². The molecule has 0 heterocycles. The van der Waals surface area contributed by atoms with Gasteiger partial charge in [-0.3, -0.25) is 9.52 Å². The van der Waals surface area contributed by atoms with E-state index in [1.54, 1.807) is 24.3 Å². The first-order chi connectivity index (χ1) is 17.7. The second kappa shape index (κ2) is 11.3. The molecule has 1 unspecified atom stereocenters. The van der Waals surface area contributed by atoms with Gasteiger partial charge in [-0.05, 0) is 91.1 Å². The van der Waals surface area contributed by atoms with Crippen molar-refractivity contribution in [1.82, 2.24) is 0 Å². The first kappa shape index (κ1) is 26.0. The number of amides is 1. The van der Waals surface area contributed by atoms with Gasteiger partial charge in [0.05, 0.1) is 4.90 Å². The average molecular weight is 515 g/mol. The predicted octanol–water partition coefficient (Wildman–Crippen LogP) is 6.57. The molecule has 0 radical (unpaired) electrons. The van der Waals surface area contributed by atoms with E-state index in [0.29, 0.717) is 23.5 Å². The summed E-state index contributed by atoms with van der Waals surface area (Å²) in [5.41, 5.74) is 5.10. The van der Waals surface area contributed by atoms with Gasteiger partial charge in [0.25, 0.3) is 15.9 Å². The van der Waals surface area contributed by atoms with Crippen LogP contribution in [0.5, 0.6) is 5.75 Å². The summed E-state index contributed by atoms with van der Waals surface area (Å²) in [6.45, 7) is 5.70. The van der Waals surface area contributed by atoms with Crippen molar-refractivity contribution in [2.75, 3.05) is 10.0 Å². The van der Waals surface area contributed by atoms with E-state index in [4.69, 9.17) is 4.74 Å². The zero-order valence-corrected chi connectivity index (χ0v) is 21.9. The van der Waals surface area contributed by atoms with E-state index in [-0.39, 0.29) is 10.8 Å². The highest BCUT2D eigenvalue weighted by atomic mass is 32.2. The van der Waals surface area contributed by atoms with Crippen LogP contribution in [0.1, 0.15) is 24.5 Å². The van der Waals surface area contributed by atoms with Gasteiger partial charge < -0.3 is 10.1 Å². The predicted molar refractivity (Wildman–Crippen MR) is 148 cm³/mol. The van der Waals surface area contributed by atoms with E-state index in [1.165, 1.54) is 12.1 Å². The number of aryl methyl sites for hydroxylation is 2. The number of ether oxygens (including phenoxy) is 1. The second-order valence-corrected chi connectivity index (χ2v) is 10.6. The third-order valence-electron chi connectivity index (χ3n) is 5.81. The van der Waals surface area contributed by atoms with E-state index in [9.17, 15) is 13.2 Å². The molecule has 0 saturated heterocycles. The molecule has 0 aliphatic heterocycles. The van der Waals surface area contributed by atoms with Crippen molar-refractivity contribution in [3.63, 3.8) is 0 Å². The van der Waals surface area contributed by atoms with E-state index in [2.05, 4.69) is 10.0 Å². The van der Waals surface area contributed by atoms with Crippen LogP contribution in [-0.2, 0) is 14.8 Å². The molecule has 4 aromatic rings. The quantitative estimate of drug-likeness (QED) is 0.265. The lowest BCUT2D eigenvalue weighted by molar-refractivity contribution is -0.122. The van der Waals surface area contributed by atoms with E-state index >= 15 is 0 Å². The minimum absolute atomic E-state index is 0.103. The Morgan fingerprint density at radius 2 is 1.38 bits per heavy atom. The Morgan fingerprint density at radius 3 is 1.97 bits per heavy atom. The Bertz CT molecular complexity index is 1450. The van der Waals surface area contributed by atoms with Crippen LogP contribution in [0, 0.1) is 13.8 Å². The maximum Gasteiger partial charge on any atom is 0.265 e. The molecular weight excluding hydrogens is 484 g/mol. The third kappa shape index (κ3) is 6.77. The van der Waals surface area contributed by atoms with Gasteiger partial charge in [0.1, 0.15) is 5.75 Å². The van der Waals surface area contributed by atoms with E-state index in [0.717, 1.165) is 22.3 Å². The van der Waals surface area contributed by atoms with Crippen LogP contribution in [0.3, 0.4) is 0 Å². The molecule has 1 atom stereocenters. The van der Waals surface area contributed by atoms with Crippen LogP contribution in [0.2, 0.25) is 0 Å². The summed E-state index contributed by atoms with van der Waals surface area (Å²) in [6.07, 6.45) is -0.226. The largest absolute Gasteiger partial charge is 0.481 e. The standard InChI is InChI=1S/C30H30N2O4S/c1-4-29(36-27-14-10-24(11-15-27)23-8-6-5-7-9-23)30(33)31-25-12-16-28(17-13-25)37(34,35)32-26-19-21(2)18-22(3)20-26/h5-20,29,32H,4H2,1-3H3,(H,31,33). The van der Waals surface area contributed by atoms with Crippen LogP contribution < -0.4 is 14.8 Å². The molecule has 1 amide bonds. The molecule has 6 nitrogen and oxygen atoms in total. The lowest BCUT2D eigenvalue weighted by atomic mass is 10.1. The maximum atomic E-state index is 12.9. The van der Waals surface area contributed by atoms with Crippen LogP contribution in [0.15, 0.2) is 102 Å². The zero-order chi connectivity index (χ0) is 26.4. The van der Waals surface area contributed by atoms with Crippen molar-refractivity contribution in [2.45, 2.75) is 38.2 Å². The summed E-state index contributed by atoms with van der Waals surface area (Å²) in [6, 6.07) is 29.2. The summed E-state index contributed by atoms with van der Waals surface area (Å²) in [5.74, 6) is 0.291. The van der Waals surface area contributed by atoms with Crippen molar-refractivity contribution in [3.8, 4) is 16.9 Å². The molecule has 0 spiro atoms. The molecule has 0 bridgehead atoms. The minimum atomic E-state index is -3.76. The highest BCUT2D eigenvalue weighted by molar-refractivity contribution is 7.92. The molecule has 0 aliphatic rings.